The Balaban J connectivity index is 1.86. The van der Waals surface area contributed by atoms with Gasteiger partial charge in [-0.05, 0) is 31.4 Å². The first-order chi connectivity index (χ1) is 13.7. The number of hydrogen-bond donors (Lipinski definition) is 2. The van der Waals surface area contributed by atoms with Gasteiger partial charge >= 0.3 is 0 Å². The number of ether oxygens (including phenoxy) is 2. The SMILES string of the molecule is CCNC(=NCc1cccc(COCCOCC)c1)NCc1ncc(CC)s1. The van der Waals surface area contributed by atoms with Crippen LogP contribution in [0.25, 0.3) is 0 Å². The summed E-state index contributed by atoms with van der Waals surface area (Å²) >= 11 is 1.74. The van der Waals surface area contributed by atoms with E-state index in [0.717, 1.165) is 41.7 Å². The van der Waals surface area contributed by atoms with Gasteiger partial charge < -0.3 is 20.1 Å². The zero-order chi connectivity index (χ0) is 20.0. The van der Waals surface area contributed by atoms with E-state index in [0.29, 0.717) is 32.9 Å². The minimum Gasteiger partial charge on any atom is -0.379 e. The van der Waals surface area contributed by atoms with Crippen LogP contribution in [0.3, 0.4) is 0 Å². The average molecular weight is 405 g/mol. The van der Waals surface area contributed by atoms with Crippen molar-refractivity contribution in [1.82, 2.24) is 15.6 Å². The smallest absolute Gasteiger partial charge is 0.191 e. The summed E-state index contributed by atoms with van der Waals surface area (Å²) in [5.41, 5.74) is 2.31. The first-order valence-electron chi connectivity index (χ1n) is 9.94. The van der Waals surface area contributed by atoms with Gasteiger partial charge in [0.1, 0.15) is 5.01 Å². The Bertz CT molecular complexity index is 718. The number of benzene rings is 1. The van der Waals surface area contributed by atoms with E-state index in [-0.39, 0.29) is 0 Å². The molecule has 0 aliphatic carbocycles. The number of nitrogens with zero attached hydrogens (tertiary/aromatic N) is 2. The van der Waals surface area contributed by atoms with Crippen molar-refractivity contribution in [3.8, 4) is 0 Å². The fourth-order valence-corrected chi connectivity index (χ4v) is 3.34. The summed E-state index contributed by atoms with van der Waals surface area (Å²) in [4.78, 5) is 10.4. The van der Waals surface area contributed by atoms with Gasteiger partial charge in [-0.2, -0.15) is 0 Å². The minimum absolute atomic E-state index is 0.590. The Kier molecular flexibility index (Phi) is 10.6. The molecule has 1 aromatic carbocycles. The van der Waals surface area contributed by atoms with Crippen LogP contribution in [0.2, 0.25) is 0 Å². The van der Waals surface area contributed by atoms with E-state index in [1.165, 1.54) is 4.88 Å². The predicted octanol–water partition coefficient (Wildman–Crippen LogP) is 3.51. The van der Waals surface area contributed by atoms with Gasteiger partial charge in [-0.1, -0.05) is 31.2 Å². The molecule has 1 aromatic heterocycles. The molecule has 0 atom stereocenters. The molecule has 7 heteroatoms. The van der Waals surface area contributed by atoms with Crippen LogP contribution in [-0.2, 0) is 35.6 Å². The van der Waals surface area contributed by atoms with E-state index in [9.17, 15) is 0 Å². The number of aryl methyl sites for hydroxylation is 1. The fraction of sp³-hybridized carbons (Fsp3) is 0.524. The Morgan fingerprint density at radius 3 is 2.68 bits per heavy atom. The van der Waals surface area contributed by atoms with Crippen molar-refractivity contribution in [2.75, 3.05) is 26.4 Å². The van der Waals surface area contributed by atoms with Crippen molar-refractivity contribution in [3.63, 3.8) is 0 Å². The number of nitrogens with one attached hydrogen (secondary N) is 2. The number of aromatic nitrogens is 1. The van der Waals surface area contributed by atoms with Crippen molar-refractivity contribution in [3.05, 3.63) is 51.5 Å². The fourth-order valence-electron chi connectivity index (χ4n) is 2.53. The third-order valence-corrected chi connectivity index (χ3v) is 5.10. The van der Waals surface area contributed by atoms with Crippen LogP contribution in [0.4, 0.5) is 0 Å². The first kappa shape index (κ1) is 22.3. The van der Waals surface area contributed by atoms with Gasteiger partial charge in [-0.25, -0.2) is 9.98 Å². The molecule has 0 saturated heterocycles. The van der Waals surface area contributed by atoms with Crippen LogP contribution in [0.1, 0.15) is 41.8 Å². The maximum Gasteiger partial charge on any atom is 0.191 e. The van der Waals surface area contributed by atoms with Crippen LogP contribution >= 0.6 is 11.3 Å². The molecule has 0 amide bonds. The summed E-state index contributed by atoms with van der Waals surface area (Å²) in [5, 5.41) is 7.73. The molecule has 0 spiro atoms. The summed E-state index contributed by atoms with van der Waals surface area (Å²) in [7, 11) is 0. The highest BCUT2D eigenvalue weighted by Crippen LogP contribution is 2.13. The molecule has 0 radical (unpaired) electrons. The van der Waals surface area contributed by atoms with Gasteiger partial charge in [-0.15, -0.1) is 11.3 Å². The molecule has 0 aliphatic heterocycles. The van der Waals surface area contributed by atoms with Gasteiger partial charge in [0.05, 0.1) is 32.9 Å². The second kappa shape index (κ2) is 13.3. The Morgan fingerprint density at radius 1 is 1.11 bits per heavy atom. The standard InChI is InChI=1S/C21H32N4O2S/c1-4-19-14-23-20(28-19)15-25-21(22-5-2)24-13-17-8-7-9-18(12-17)16-27-11-10-26-6-3/h7-9,12,14H,4-6,10-11,13,15-16H2,1-3H3,(H2,22,24,25). The minimum atomic E-state index is 0.590. The Labute approximate surface area is 172 Å². The molecule has 0 bridgehead atoms. The van der Waals surface area contributed by atoms with Crippen LogP contribution in [0.5, 0.6) is 0 Å². The highest BCUT2D eigenvalue weighted by Gasteiger charge is 2.03. The number of hydrogen-bond acceptors (Lipinski definition) is 5. The molecule has 0 saturated carbocycles. The predicted molar refractivity (Wildman–Crippen MR) is 116 cm³/mol. The highest BCUT2D eigenvalue weighted by atomic mass is 32.1. The number of aliphatic imine (C=N–C) groups is 1. The van der Waals surface area contributed by atoms with Crippen LogP contribution in [0.15, 0.2) is 35.5 Å². The Hall–Kier alpha value is -1.96. The normalized spacial score (nSPS) is 11.6. The summed E-state index contributed by atoms with van der Waals surface area (Å²) in [5.74, 6) is 0.800. The zero-order valence-electron chi connectivity index (χ0n) is 17.2. The Morgan fingerprint density at radius 2 is 1.93 bits per heavy atom. The van der Waals surface area contributed by atoms with Gasteiger partial charge in [0.25, 0.3) is 0 Å². The molecule has 0 fully saturated rings. The molecule has 2 rings (SSSR count). The summed E-state index contributed by atoms with van der Waals surface area (Å²) in [6.07, 6.45) is 2.98. The molecule has 154 valence electrons. The van der Waals surface area contributed by atoms with E-state index < -0.39 is 0 Å². The third kappa shape index (κ3) is 8.37. The number of rotatable bonds is 12. The lowest BCUT2D eigenvalue weighted by atomic mass is 10.1. The molecule has 2 aromatic rings. The summed E-state index contributed by atoms with van der Waals surface area (Å²) < 4.78 is 10.9. The lowest BCUT2D eigenvalue weighted by molar-refractivity contribution is 0.0453. The highest BCUT2D eigenvalue weighted by molar-refractivity contribution is 7.11. The first-order valence-corrected chi connectivity index (χ1v) is 10.8. The van der Waals surface area contributed by atoms with Gasteiger partial charge in [0.15, 0.2) is 5.96 Å². The van der Waals surface area contributed by atoms with Crippen molar-refractivity contribution >= 4 is 17.3 Å². The molecular weight excluding hydrogens is 372 g/mol. The third-order valence-electron chi connectivity index (χ3n) is 3.96. The molecule has 28 heavy (non-hydrogen) atoms. The average Bonchev–Trinajstić information content (AvgIpc) is 3.18. The van der Waals surface area contributed by atoms with Crippen molar-refractivity contribution in [2.24, 2.45) is 4.99 Å². The summed E-state index contributed by atoms with van der Waals surface area (Å²) in [6, 6.07) is 8.35. The quantitative estimate of drug-likeness (QED) is 0.322. The van der Waals surface area contributed by atoms with Crippen molar-refractivity contribution < 1.29 is 9.47 Å². The van der Waals surface area contributed by atoms with E-state index in [1.807, 2.05) is 19.2 Å². The maximum atomic E-state index is 5.65. The monoisotopic (exact) mass is 404 g/mol. The van der Waals surface area contributed by atoms with Crippen LogP contribution in [-0.4, -0.2) is 37.3 Å². The van der Waals surface area contributed by atoms with Gasteiger partial charge in [0.2, 0.25) is 0 Å². The van der Waals surface area contributed by atoms with Crippen molar-refractivity contribution in [2.45, 2.75) is 46.9 Å². The second-order valence-electron chi connectivity index (χ2n) is 6.19. The molecule has 1 heterocycles. The van der Waals surface area contributed by atoms with E-state index in [1.54, 1.807) is 11.3 Å². The van der Waals surface area contributed by atoms with E-state index in [4.69, 9.17) is 14.5 Å². The molecule has 0 aliphatic rings. The molecule has 6 nitrogen and oxygen atoms in total. The number of guanidine groups is 1. The van der Waals surface area contributed by atoms with Crippen LogP contribution < -0.4 is 10.6 Å². The van der Waals surface area contributed by atoms with Crippen molar-refractivity contribution in [1.29, 1.82) is 0 Å². The lowest BCUT2D eigenvalue weighted by Crippen LogP contribution is -2.36. The molecule has 2 N–H and O–H groups in total. The topological polar surface area (TPSA) is 67.8 Å². The molecule has 0 unspecified atom stereocenters. The molecular formula is C21H32N4O2S. The number of thiazole rings is 1. The van der Waals surface area contributed by atoms with Gasteiger partial charge in [0, 0.05) is 24.2 Å². The second-order valence-corrected chi connectivity index (χ2v) is 7.39. The van der Waals surface area contributed by atoms with Crippen LogP contribution in [0, 0.1) is 0 Å². The lowest BCUT2D eigenvalue weighted by Gasteiger charge is -2.10. The van der Waals surface area contributed by atoms with Gasteiger partial charge in [-0.3, -0.25) is 0 Å². The van der Waals surface area contributed by atoms with E-state index in [2.05, 4.69) is 47.7 Å². The zero-order valence-corrected chi connectivity index (χ0v) is 18.0. The van der Waals surface area contributed by atoms with E-state index >= 15 is 0 Å². The maximum absolute atomic E-state index is 5.65. The largest absolute Gasteiger partial charge is 0.379 e. The summed E-state index contributed by atoms with van der Waals surface area (Å²) in [6.45, 7) is 10.9.